The molecule has 0 aliphatic carbocycles. The van der Waals surface area contributed by atoms with Crippen LogP contribution in [0.2, 0.25) is 0 Å². The Balaban J connectivity index is 1.77. The van der Waals surface area contributed by atoms with Crippen molar-refractivity contribution in [1.29, 1.82) is 0 Å². The quantitative estimate of drug-likeness (QED) is 0.908. The molecule has 0 spiro atoms. The van der Waals surface area contributed by atoms with Gasteiger partial charge in [-0.3, -0.25) is 9.59 Å². The Bertz CT molecular complexity index is 769. The fourth-order valence-electron chi connectivity index (χ4n) is 2.41. The Labute approximate surface area is 133 Å². The summed E-state index contributed by atoms with van der Waals surface area (Å²) >= 11 is 0. The molecule has 0 bridgehead atoms. The highest BCUT2D eigenvalue weighted by Gasteiger charge is 2.17. The van der Waals surface area contributed by atoms with Crippen LogP contribution < -0.4 is 20.3 Å². The standard InChI is InChI=1S/C17H18N2O4/c1-11(19-17(21)13-4-2-7-18-16(13)20)12-5-6-14-15(10-12)23-9-3-8-22-14/h2,4-7,10-11H,3,8-9H2,1H3,(H,18,20)(H,19,21)/t11-/m1/s1. The predicted molar refractivity (Wildman–Crippen MR) is 85.0 cm³/mol. The summed E-state index contributed by atoms with van der Waals surface area (Å²) in [7, 11) is 0. The van der Waals surface area contributed by atoms with Crippen molar-refractivity contribution in [2.75, 3.05) is 13.2 Å². The number of H-pyrrole nitrogens is 1. The van der Waals surface area contributed by atoms with E-state index in [0.717, 1.165) is 12.0 Å². The third kappa shape index (κ3) is 3.36. The van der Waals surface area contributed by atoms with Gasteiger partial charge < -0.3 is 19.8 Å². The van der Waals surface area contributed by atoms with Crippen LogP contribution in [0.3, 0.4) is 0 Å². The van der Waals surface area contributed by atoms with Gasteiger partial charge in [0.1, 0.15) is 5.56 Å². The first-order valence-corrected chi connectivity index (χ1v) is 7.53. The number of pyridine rings is 1. The smallest absolute Gasteiger partial charge is 0.260 e. The lowest BCUT2D eigenvalue weighted by Crippen LogP contribution is -2.31. The minimum Gasteiger partial charge on any atom is -0.490 e. The second-order valence-corrected chi connectivity index (χ2v) is 5.36. The molecule has 6 heteroatoms. The molecular formula is C17H18N2O4. The van der Waals surface area contributed by atoms with Gasteiger partial charge in [0.25, 0.3) is 11.5 Å². The van der Waals surface area contributed by atoms with E-state index in [-0.39, 0.29) is 11.6 Å². The third-order valence-corrected chi connectivity index (χ3v) is 3.68. The third-order valence-electron chi connectivity index (χ3n) is 3.68. The molecule has 0 unspecified atom stereocenters. The fourth-order valence-corrected chi connectivity index (χ4v) is 2.41. The first-order chi connectivity index (χ1) is 11.1. The van der Waals surface area contributed by atoms with Crippen LogP contribution >= 0.6 is 0 Å². The fraction of sp³-hybridized carbons (Fsp3) is 0.294. The topological polar surface area (TPSA) is 80.4 Å². The second-order valence-electron chi connectivity index (χ2n) is 5.36. The molecule has 1 amide bonds. The molecule has 23 heavy (non-hydrogen) atoms. The summed E-state index contributed by atoms with van der Waals surface area (Å²) in [6.45, 7) is 3.10. The van der Waals surface area contributed by atoms with Gasteiger partial charge >= 0.3 is 0 Å². The monoisotopic (exact) mass is 314 g/mol. The van der Waals surface area contributed by atoms with Gasteiger partial charge in [0, 0.05) is 12.6 Å². The Hall–Kier alpha value is -2.76. The van der Waals surface area contributed by atoms with Crippen LogP contribution in [0, 0.1) is 0 Å². The van der Waals surface area contributed by atoms with Crippen LogP contribution in [0.5, 0.6) is 11.5 Å². The summed E-state index contributed by atoms with van der Waals surface area (Å²) in [5.41, 5.74) is 0.569. The molecule has 0 saturated heterocycles. The number of aromatic amines is 1. The highest BCUT2D eigenvalue weighted by atomic mass is 16.5. The molecule has 0 fully saturated rings. The van der Waals surface area contributed by atoms with E-state index >= 15 is 0 Å². The highest BCUT2D eigenvalue weighted by Crippen LogP contribution is 2.32. The highest BCUT2D eigenvalue weighted by molar-refractivity contribution is 5.94. The number of carbonyl (C=O) groups is 1. The molecule has 2 aromatic rings. The number of fused-ring (bicyclic) bond motifs is 1. The molecular weight excluding hydrogens is 296 g/mol. The molecule has 1 aromatic carbocycles. The van der Waals surface area contributed by atoms with Gasteiger partial charge in [0.05, 0.1) is 19.3 Å². The van der Waals surface area contributed by atoms with E-state index in [1.54, 1.807) is 6.07 Å². The number of rotatable bonds is 3. The van der Waals surface area contributed by atoms with Crippen molar-refractivity contribution in [2.45, 2.75) is 19.4 Å². The summed E-state index contributed by atoms with van der Waals surface area (Å²) in [5, 5.41) is 2.82. The maximum Gasteiger partial charge on any atom is 0.260 e. The summed E-state index contributed by atoms with van der Waals surface area (Å²) in [5.74, 6) is 0.981. The van der Waals surface area contributed by atoms with E-state index < -0.39 is 11.5 Å². The molecule has 1 aromatic heterocycles. The number of hydrogen-bond acceptors (Lipinski definition) is 4. The molecule has 1 aliphatic heterocycles. The van der Waals surface area contributed by atoms with Gasteiger partial charge in [-0.25, -0.2) is 0 Å². The lowest BCUT2D eigenvalue weighted by atomic mass is 10.1. The number of hydrogen-bond donors (Lipinski definition) is 2. The van der Waals surface area contributed by atoms with Crippen LogP contribution in [-0.4, -0.2) is 24.1 Å². The Kier molecular flexibility index (Phi) is 4.32. The van der Waals surface area contributed by atoms with Crippen molar-refractivity contribution < 1.29 is 14.3 Å². The van der Waals surface area contributed by atoms with E-state index in [0.29, 0.717) is 24.7 Å². The average molecular weight is 314 g/mol. The van der Waals surface area contributed by atoms with Crippen LogP contribution in [0.15, 0.2) is 41.3 Å². The second kappa shape index (κ2) is 6.56. The number of nitrogens with one attached hydrogen (secondary N) is 2. The largest absolute Gasteiger partial charge is 0.490 e. The SMILES string of the molecule is C[C@@H](NC(=O)c1ccc[nH]c1=O)c1ccc2c(c1)OCCCO2. The summed E-state index contributed by atoms with van der Waals surface area (Å²) in [6.07, 6.45) is 2.33. The van der Waals surface area contributed by atoms with E-state index in [9.17, 15) is 9.59 Å². The number of ether oxygens (including phenoxy) is 2. The van der Waals surface area contributed by atoms with Gasteiger partial charge in [0.2, 0.25) is 0 Å². The zero-order valence-corrected chi connectivity index (χ0v) is 12.8. The summed E-state index contributed by atoms with van der Waals surface area (Å²) in [6, 6.07) is 8.44. The zero-order chi connectivity index (χ0) is 16.2. The molecule has 0 saturated carbocycles. The maximum atomic E-state index is 12.2. The van der Waals surface area contributed by atoms with Crippen molar-refractivity contribution in [3.05, 3.63) is 58.0 Å². The summed E-state index contributed by atoms with van der Waals surface area (Å²) in [4.78, 5) is 26.4. The van der Waals surface area contributed by atoms with Crippen LogP contribution in [-0.2, 0) is 0 Å². The number of benzene rings is 1. The van der Waals surface area contributed by atoms with Crippen molar-refractivity contribution >= 4 is 5.91 Å². The van der Waals surface area contributed by atoms with Gasteiger partial charge in [-0.2, -0.15) is 0 Å². The zero-order valence-electron chi connectivity index (χ0n) is 12.8. The Morgan fingerprint density at radius 1 is 1.22 bits per heavy atom. The normalized spacial score (nSPS) is 14.7. The van der Waals surface area contributed by atoms with E-state index in [1.165, 1.54) is 12.3 Å². The number of carbonyl (C=O) groups excluding carboxylic acids is 1. The van der Waals surface area contributed by atoms with Crippen LogP contribution in [0.4, 0.5) is 0 Å². The average Bonchev–Trinajstić information content (AvgIpc) is 2.79. The molecule has 3 rings (SSSR count). The van der Waals surface area contributed by atoms with Crippen molar-refractivity contribution in [2.24, 2.45) is 0 Å². The molecule has 1 aliphatic rings. The lowest BCUT2D eigenvalue weighted by molar-refractivity contribution is 0.0938. The van der Waals surface area contributed by atoms with Crippen molar-refractivity contribution in [3.8, 4) is 11.5 Å². The molecule has 2 N–H and O–H groups in total. The van der Waals surface area contributed by atoms with Gasteiger partial charge in [-0.1, -0.05) is 6.07 Å². The maximum absolute atomic E-state index is 12.2. The van der Waals surface area contributed by atoms with Crippen molar-refractivity contribution in [1.82, 2.24) is 10.3 Å². The van der Waals surface area contributed by atoms with E-state index in [2.05, 4.69) is 10.3 Å². The molecule has 1 atom stereocenters. The predicted octanol–water partition coefficient (Wildman–Crippen LogP) is 2.03. The van der Waals surface area contributed by atoms with E-state index in [1.807, 2.05) is 25.1 Å². The number of aromatic nitrogens is 1. The molecule has 120 valence electrons. The van der Waals surface area contributed by atoms with Crippen LogP contribution in [0.1, 0.15) is 35.3 Å². The van der Waals surface area contributed by atoms with Crippen LogP contribution in [0.25, 0.3) is 0 Å². The van der Waals surface area contributed by atoms with Gasteiger partial charge in [-0.05, 0) is 36.8 Å². The first kappa shape index (κ1) is 15.1. The Morgan fingerprint density at radius 2 is 2.00 bits per heavy atom. The molecule has 0 radical (unpaired) electrons. The Morgan fingerprint density at radius 3 is 2.78 bits per heavy atom. The van der Waals surface area contributed by atoms with Gasteiger partial charge in [0.15, 0.2) is 11.5 Å². The van der Waals surface area contributed by atoms with Crippen molar-refractivity contribution in [3.63, 3.8) is 0 Å². The minimum atomic E-state index is -0.411. The van der Waals surface area contributed by atoms with Gasteiger partial charge in [-0.15, -0.1) is 0 Å². The molecule has 2 heterocycles. The summed E-state index contributed by atoms with van der Waals surface area (Å²) < 4.78 is 11.2. The first-order valence-electron chi connectivity index (χ1n) is 7.53. The molecule has 6 nitrogen and oxygen atoms in total. The number of amides is 1. The lowest BCUT2D eigenvalue weighted by Gasteiger charge is -2.16. The van der Waals surface area contributed by atoms with E-state index in [4.69, 9.17) is 9.47 Å². The minimum absolute atomic E-state index is 0.0914.